The van der Waals surface area contributed by atoms with E-state index in [1.54, 1.807) is 6.92 Å². The van der Waals surface area contributed by atoms with Crippen molar-refractivity contribution in [1.82, 2.24) is 15.0 Å². The number of benzene rings is 1. The molecule has 0 aliphatic heterocycles. The molecule has 84 valence electrons. The van der Waals surface area contributed by atoms with Gasteiger partial charge in [-0.3, -0.25) is 0 Å². The molecule has 0 amide bonds. The molecule has 2 aromatic rings. The minimum absolute atomic E-state index is 0.251. The SMILES string of the molecule is COc1cc(F)c(-n2nncc2C)cc1Cl. The normalized spacial score (nSPS) is 10.5. The smallest absolute Gasteiger partial charge is 0.152 e. The molecular weight excluding hydrogens is 233 g/mol. The van der Waals surface area contributed by atoms with Crippen molar-refractivity contribution in [3.63, 3.8) is 0 Å². The van der Waals surface area contributed by atoms with Crippen molar-refractivity contribution < 1.29 is 9.13 Å². The largest absolute Gasteiger partial charge is 0.495 e. The third-order valence-corrected chi connectivity index (χ3v) is 2.46. The Morgan fingerprint density at radius 1 is 1.44 bits per heavy atom. The summed E-state index contributed by atoms with van der Waals surface area (Å²) >= 11 is 5.92. The van der Waals surface area contributed by atoms with Crippen molar-refractivity contribution >= 4 is 11.6 Å². The summed E-state index contributed by atoms with van der Waals surface area (Å²) in [6.07, 6.45) is 1.54. The molecule has 0 atom stereocenters. The fourth-order valence-electron chi connectivity index (χ4n) is 1.36. The van der Waals surface area contributed by atoms with Gasteiger partial charge in [-0.2, -0.15) is 0 Å². The molecule has 0 saturated carbocycles. The van der Waals surface area contributed by atoms with Crippen LogP contribution in [-0.4, -0.2) is 22.1 Å². The van der Waals surface area contributed by atoms with Crippen LogP contribution in [0.4, 0.5) is 4.39 Å². The van der Waals surface area contributed by atoms with Gasteiger partial charge in [-0.05, 0) is 13.0 Å². The zero-order valence-corrected chi connectivity index (χ0v) is 9.49. The Bertz CT molecular complexity index is 527. The highest BCUT2D eigenvalue weighted by atomic mass is 35.5. The molecule has 0 radical (unpaired) electrons. The van der Waals surface area contributed by atoms with Crippen molar-refractivity contribution in [2.75, 3.05) is 7.11 Å². The molecule has 0 fully saturated rings. The quantitative estimate of drug-likeness (QED) is 0.811. The summed E-state index contributed by atoms with van der Waals surface area (Å²) in [4.78, 5) is 0. The Labute approximate surface area is 96.6 Å². The first kappa shape index (κ1) is 10.9. The maximum Gasteiger partial charge on any atom is 0.152 e. The first-order chi connectivity index (χ1) is 7.63. The fraction of sp³-hybridized carbons (Fsp3) is 0.200. The van der Waals surface area contributed by atoms with E-state index >= 15 is 0 Å². The topological polar surface area (TPSA) is 39.9 Å². The number of hydrogen-bond acceptors (Lipinski definition) is 3. The molecule has 0 aliphatic carbocycles. The van der Waals surface area contributed by atoms with E-state index in [1.165, 1.54) is 30.1 Å². The summed E-state index contributed by atoms with van der Waals surface area (Å²) in [6.45, 7) is 1.78. The van der Waals surface area contributed by atoms with Crippen LogP contribution in [0.1, 0.15) is 5.69 Å². The predicted molar refractivity (Wildman–Crippen MR) is 57.6 cm³/mol. The molecule has 0 unspecified atom stereocenters. The van der Waals surface area contributed by atoms with E-state index in [9.17, 15) is 4.39 Å². The number of nitrogens with zero attached hydrogens (tertiary/aromatic N) is 3. The summed E-state index contributed by atoms with van der Waals surface area (Å²) < 4.78 is 20.0. The number of hydrogen-bond donors (Lipinski definition) is 0. The monoisotopic (exact) mass is 241 g/mol. The number of methoxy groups -OCH3 is 1. The van der Waals surface area contributed by atoms with Crippen molar-refractivity contribution in [3.8, 4) is 11.4 Å². The summed E-state index contributed by atoms with van der Waals surface area (Å²) in [6, 6.07) is 2.68. The van der Waals surface area contributed by atoms with Crippen molar-refractivity contribution in [3.05, 3.63) is 34.9 Å². The Hall–Kier alpha value is -1.62. The number of halogens is 2. The van der Waals surface area contributed by atoms with Gasteiger partial charge in [-0.15, -0.1) is 5.10 Å². The van der Waals surface area contributed by atoms with Gasteiger partial charge in [0.15, 0.2) is 5.82 Å². The lowest BCUT2D eigenvalue weighted by Crippen LogP contribution is -2.02. The average Bonchev–Trinajstić information content (AvgIpc) is 2.67. The lowest BCUT2D eigenvalue weighted by molar-refractivity contribution is 0.411. The molecule has 0 N–H and O–H groups in total. The highest BCUT2D eigenvalue weighted by molar-refractivity contribution is 6.32. The van der Waals surface area contributed by atoms with Gasteiger partial charge in [0, 0.05) is 6.07 Å². The summed E-state index contributed by atoms with van der Waals surface area (Å²) in [7, 11) is 1.43. The van der Waals surface area contributed by atoms with E-state index < -0.39 is 5.82 Å². The zero-order chi connectivity index (χ0) is 11.7. The first-order valence-corrected chi connectivity index (χ1v) is 4.92. The Kier molecular flexibility index (Phi) is 2.78. The molecule has 0 aliphatic rings. The Morgan fingerprint density at radius 2 is 2.19 bits per heavy atom. The van der Waals surface area contributed by atoms with Crippen LogP contribution in [0.25, 0.3) is 5.69 Å². The van der Waals surface area contributed by atoms with Crippen LogP contribution in [-0.2, 0) is 0 Å². The van der Waals surface area contributed by atoms with Crippen molar-refractivity contribution in [2.45, 2.75) is 6.92 Å². The van der Waals surface area contributed by atoms with Gasteiger partial charge in [0.1, 0.15) is 11.4 Å². The average molecular weight is 242 g/mol. The van der Waals surface area contributed by atoms with Gasteiger partial charge in [0.25, 0.3) is 0 Å². The first-order valence-electron chi connectivity index (χ1n) is 4.54. The summed E-state index contributed by atoms with van der Waals surface area (Å²) in [5.74, 6) is -0.171. The van der Waals surface area contributed by atoms with E-state index in [1.807, 2.05) is 0 Å². The Morgan fingerprint density at radius 3 is 2.75 bits per heavy atom. The molecule has 0 bridgehead atoms. The molecular formula is C10H9ClFN3O. The lowest BCUT2D eigenvalue weighted by atomic mass is 10.3. The fourth-order valence-corrected chi connectivity index (χ4v) is 1.60. The van der Waals surface area contributed by atoms with Crippen LogP contribution in [0.2, 0.25) is 5.02 Å². The minimum atomic E-state index is -0.463. The van der Waals surface area contributed by atoms with Gasteiger partial charge in [-0.1, -0.05) is 16.8 Å². The summed E-state index contributed by atoms with van der Waals surface area (Å²) in [5.41, 5.74) is 0.973. The molecule has 6 heteroatoms. The summed E-state index contributed by atoms with van der Waals surface area (Å²) in [5, 5.41) is 7.78. The van der Waals surface area contributed by atoms with E-state index in [0.717, 1.165) is 5.69 Å². The number of aromatic nitrogens is 3. The molecule has 2 rings (SSSR count). The number of ether oxygens (including phenoxy) is 1. The number of aryl methyl sites for hydroxylation is 1. The molecule has 1 heterocycles. The van der Waals surface area contributed by atoms with Crippen LogP contribution < -0.4 is 4.74 Å². The number of rotatable bonds is 2. The maximum atomic E-state index is 13.7. The predicted octanol–water partition coefficient (Wildman–Crippen LogP) is 2.38. The lowest BCUT2D eigenvalue weighted by Gasteiger charge is -2.08. The van der Waals surface area contributed by atoms with Crippen molar-refractivity contribution in [2.24, 2.45) is 0 Å². The Balaban J connectivity index is 2.59. The minimum Gasteiger partial charge on any atom is -0.495 e. The molecule has 4 nitrogen and oxygen atoms in total. The van der Waals surface area contributed by atoms with E-state index in [-0.39, 0.29) is 5.69 Å². The molecule has 1 aromatic carbocycles. The van der Waals surface area contributed by atoms with E-state index in [0.29, 0.717) is 10.8 Å². The molecule has 1 aromatic heterocycles. The second-order valence-corrected chi connectivity index (χ2v) is 3.63. The van der Waals surface area contributed by atoms with Gasteiger partial charge in [0.2, 0.25) is 0 Å². The second kappa shape index (κ2) is 4.09. The molecule has 16 heavy (non-hydrogen) atoms. The van der Waals surface area contributed by atoms with Gasteiger partial charge >= 0.3 is 0 Å². The van der Waals surface area contributed by atoms with Gasteiger partial charge in [-0.25, -0.2) is 9.07 Å². The zero-order valence-electron chi connectivity index (χ0n) is 8.74. The standard InChI is InChI=1S/C10H9ClFN3O/c1-6-5-13-14-15(6)9-3-7(11)10(16-2)4-8(9)12/h3-5H,1-2H3. The highest BCUT2D eigenvalue weighted by Crippen LogP contribution is 2.29. The maximum absolute atomic E-state index is 13.7. The van der Waals surface area contributed by atoms with Crippen LogP contribution in [0.3, 0.4) is 0 Å². The van der Waals surface area contributed by atoms with Crippen LogP contribution in [0, 0.1) is 12.7 Å². The second-order valence-electron chi connectivity index (χ2n) is 3.23. The van der Waals surface area contributed by atoms with Crippen LogP contribution >= 0.6 is 11.6 Å². The third kappa shape index (κ3) is 1.74. The van der Waals surface area contributed by atoms with Gasteiger partial charge < -0.3 is 4.74 Å². The van der Waals surface area contributed by atoms with Crippen molar-refractivity contribution in [1.29, 1.82) is 0 Å². The molecule has 0 saturated heterocycles. The highest BCUT2D eigenvalue weighted by Gasteiger charge is 2.12. The van der Waals surface area contributed by atoms with Crippen LogP contribution in [0.15, 0.2) is 18.3 Å². The van der Waals surface area contributed by atoms with E-state index in [4.69, 9.17) is 16.3 Å². The van der Waals surface area contributed by atoms with Gasteiger partial charge in [0.05, 0.1) is 24.0 Å². The molecule has 0 spiro atoms. The third-order valence-electron chi connectivity index (χ3n) is 2.17. The van der Waals surface area contributed by atoms with Crippen LogP contribution in [0.5, 0.6) is 5.75 Å². The van der Waals surface area contributed by atoms with E-state index in [2.05, 4.69) is 10.3 Å².